The molecule has 0 aliphatic heterocycles. The van der Waals surface area contributed by atoms with Crippen LogP contribution in [0.3, 0.4) is 0 Å². The topological polar surface area (TPSA) is 21.3 Å². The van der Waals surface area contributed by atoms with Crippen LogP contribution in [0.5, 0.6) is 0 Å². The first kappa shape index (κ1) is 13.0. The van der Waals surface area contributed by atoms with E-state index in [0.29, 0.717) is 11.5 Å². The number of likely N-dealkylation sites (N-methyl/N-ethyl adjacent to an activating group) is 1. The molecular weight excluding hydrogens is 186 g/mol. The summed E-state index contributed by atoms with van der Waals surface area (Å²) in [5, 5.41) is 3.41. The Bertz CT molecular complexity index is 169. The Morgan fingerprint density at radius 2 is 1.93 bits per heavy atom. The molecule has 1 fully saturated rings. The highest BCUT2D eigenvalue weighted by atomic mass is 16.5. The molecule has 2 nitrogen and oxygen atoms in total. The van der Waals surface area contributed by atoms with Crippen LogP contribution in [0.4, 0.5) is 0 Å². The first-order valence-electron chi connectivity index (χ1n) is 6.34. The maximum atomic E-state index is 5.53. The second-order valence-corrected chi connectivity index (χ2v) is 5.56. The largest absolute Gasteiger partial charge is 0.380 e. The van der Waals surface area contributed by atoms with Crippen molar-refractivity contribution in [3.05, 3.63) is 0 Å². The van der Waals surface area contributed by atoms with Crippen molar-refractivity contribution in [3.63, 3.8) is 0 Å². The number of ether oxygens (including phenoxy) is 1. The fourth-order valence-corrected chi connectivity index (χ4v) is 2.52. The zero-order chi connectivity index (χ0) is 11.3. The molecule has 0 heterocycles. The second kappa shape index (κ2) is 5.86. The summed E-state index contributed by atoms with van der Waals surface area (Å²) < 4.78 is 5.53. The average Bonchev–Trinajstić information content (AvgIpc) is 2.21. The van der Waals surface area contributed by atoms with Gasteiger partial charge in [0.2, 0.25) is 0 Å². The number of hydrogen-bond donors (Lipinski definition) is 1. The molecule has 0 saturated heterocycles. The van der Waals surface area contributed by atoms with Crippen molar-refractivity contribution < 1.29 is 4.74 Å². The van der Waals surface area contributed by atoms with Crippen LogP contribution in [0.25, 0.3) is 0 Å². The van der Waals surface area contributed by atoms with Gasteiger partial charge in [0, 0.05) is 12.6 Å². The van der Waals surface area contributed by atoms with E-state index >= 15 is 0 Å². The maximum absolute atomic E-state index is 5.53. The third-order valence-corrected chi connectivity index (χ3v) is 3.83. The summed E-state index contributed by atoms with van der Waals surface area (Å²) >= 11 is 0. The lowest BCUT2D eigenvalue weighted by atomic mass is 9.71. The van der Waals surface area contributed by atoms with E-state index in [4.69, 9.17) is 4.74 Å². The van der Waals surface area contributed by atoms with Crippen LogP contribution in [-0.4, -0.2) is 26.3 Å². The van der Waals surface area contributed by atoms with Crippen LogP contribution >= 0.6 is 0 Å². The van der Waals surface area contributed by atoms with E-state index in [0.717, 1.165) is 19.1 Å². The van der Waals surface area contributed by atoms with Gasteiger partial charge in [-0.05, 0) is 51.0 Å². The minimum absolute atomic E-state index is 0.557. The van der Waals surface area contributed by atoms with Gasteiger partial charge in [-0.2, -0.15) is 0 Å². The van der Waals surface area contributed by atoms with Crippen molar-refractivity contribution in [2.45, 2.75) is 52.5 Å². The third-order valence-electron chi connectivity index (χ3n) is 3.83. The summed E-state index contributed by atoms with van der Waals surface area (Å²) in [5.74, 6) is 0.814. The first-order chi connectivity index (χ1) is 7.09. The molecule has 0 aromatic carbocycles. The van der Waals surface area contributed by atoms with Gasteiger partial charge in [0.1, 0.15) is 0 Å². The van der Waals surface area contributed by atoms with Gasteiger partial charge in [-0.25, -0.2) is 0 Å². The standard InChI is InChI=1S/C13H27NO/c1-5-15-10-12(14-4)11-6-8-13(2,3)9-7-11/h11-12,14H,5-10H2,1-4H3. The Morgan fingerprint density at radius 3 is 2.40 bits per heavy atom. The fourth-order valence-electron chi connectivity index (χ4n) is 2.52. The van der Waals surface area contributed by atoms with Crippen molar-refractivity contribution in [1.29, 1.82) is 0 Å². The summed E-state index contributed by atoms with van der Waals surface area (Å²) in [4.78, 5) is 0. The minimum Gasteiger partial charge on any atom is -0.380 e. The molecule has 0 amide bonds. The van der Waals surface area contributed by atoms with E-state index in [1.165, 1.54) is 25.7 Å². The van der Waals surface area contributed by atoms with Gasteiger partial charge in [-0.1, -0.05) is 13.8 Å². The van der Waals surface area contributed by atoms with Crippen LogP contribution in [0.15, 0.2) is 0 Å². The molecule has 1 saturated carbocycles. The molecule has 2 heteroatoms. The zero-order valence-corrected chi connectivity index (χ0v) is 10.8. The van der Waals surface area contributed by atoms with Gasteiger partial charge in [-0.15, -0.1) is 0 Å². The van der Waals surface area contributed by atoms with Gasteiger partial charge in [0.25, 0.3) is 0 Å². The summed E-state index contributed by atoms with van der Waals surface area (Å²) in [6.45, 7) is 8.55. The predicted octanol–water partition coefficient (Wildman–Crippen LogP) is 2.83. The van der Waals surface area contributed by atoms with Crippen molar-refractivity contribution in [1.82, 2.24) is 5.32 Å². The molecule has 1 aliphatic rings. The highest BCUT2D eigenvalue weighted by Gasteiger charge is 2.30. The van der Waals surface area contributed by atoms with Crippen molar-refractivity contribution in [2.75, 3.05) is 20.3 Å². The Kier molecular flexibility index (Phi) is 5.07. The van der Waals surface area contributed by atoms with Crippen LogP contribution in [0, 0.1) is 11.3 Å². The van der Waals surface area contributed by atoms with Crippen LogP contribution < -0.4 is 5.32 Å². The molecule has 1 N–H and O–H groups in total. The molecule has 1 atom stereocenters. The second-order valence-electron chi connectivity index (χ2n) is 5.56. The summed E-state index contributed by atoms with van der Waals surface area (Å²) in [7, 11) is 2.06. The Labute approximate surface area is 94.8 Å². The van der Waals surface area contributed by atoms with Gasteiger partial charge in [0.15, 0.2) is 0 Å². The van der Waals surface area contributed by atoms with E-state index in [9.17, 15) is 0 Å². The normalized spacial score (nSPS) is 24.0. The number of nitrogens with one attached hydrogen (secondary N) is 1. The highest BCUT2D eigenvalue weighted by molar-refractivity contribution is 4.84. The highest BCUT2D eigenvalue weighted by Crippen LogP contribution is 2.39. The summed E-state index contributed by atoms with van der Waals surface area (Å²) in [6, 6.07) is 0.557. The smallest absolute Gasteiger partial charge is 0.0622 e. The van der Waals surface area contributed by atoms with Gasteiger partial charge in [0.05, 0.1) is 6.61 Å². The molecule has 1 rings (SSSR count). The summed E-state index contributed by atoms with van der Waals surface area (Å²) in [5.41, 5.74) is 0.570. The number of hydrogen-bond acceptors (Lipinski definition) is 2. The number of rotatable bonds is 5. The molecule has 0 spiro atoms. The van der Waals surface area contributed by atoms with E-state index in [1.807, 2.05) is 0 Å². The molecule has 1 unspecified atom stereocenters. The monoisotopic (exact) mass is 213 g/mol. The average molecular weight is 213 g/mol. The molecule has 90 valence electrons. The van der Waals surface area contributed by atoms with Crippen LogP contribution in [0.1, 0.15) is 46.5 Å². The molecule has 1 aliphatic carbocycles. The zero-order valence-electron chi connectivity index (χ0n) is 10.8. The molecule has 0 bridgehead atoms. The van der Waals surface area contributed by atoms with Gasteiger partial charge < -0.3 is 10.1 Å². The van der Waals surface area contributed by atoms with Crippen molar-refractivity contribution in [3.8, 4) is 0 Å². The Morgan fingerprint density at radius 1 is 1.33 bits per heavy atom. The Balaban J connectivity index is 2.35. The van der Waals surface area contributed by atoms with Gasteiger partial charge >= 0.3 is 0 Å². The fraction of sp³-hybridized carbons (Fsp3) is 1.00. The molecule has 0 aromatic heterocycles. The molecular formula is C13H27NO. The quantitative estimate of drug-likeness (QED) is 0.758. The lowest BCUT2D eigenvalue weighted by molar-refractivity contribution is 0.0802. The predicted molar refractivity (Wildman–Crippen MR) is 65.1 cm³/mol. The van der Waals surface area contributed by atoms with Crippen LogP contribution in [0.2, 0.25) is 0 Å². The van der Waals surface area contributed by atoms with E-state index in [2.05, 4.69) is 33.1 Å². The summed E-state index contributed by atoms with van der Waals surface area (Å²) in [6.07, 6.45) is 5.43. The van der Waals surface area contributed by atoms with E-state index in [1.54, 1.807) is 0 Å². The van der Waals surface area contributed by atoms with E-state index < -0.39 is 0 Å². The van der Waals surface area contributed by atoms with Crippen molar-refractivity contribution in [2.24, 2.45) is 11.3 Å². The SMILES string of the molecule is CCOCC(NC)C1CCC(C)(C)CC1. The molecule has 15 heavy (non-hydrogen) atoms. The van der Waals surface area contributed by atoms with E-state index in [-0.39, 0.29) is 0 Å². The van der Waals surface area contributed by atoms with Crippen LogP contribution in [-0.2, 0) is 4.74 Å². The van der Waals surface area contributed by atoms with Gasteiger partial charge in [-0.3, -0.25) is 0 Å². The third kappa shape index (κ3) is 4.12. The maximum Gasteiger partial charge on any atom is 0.0622 e. The lowest BCUT2D eigenvalue weighted by Crippen LogP contribution is -2.40. The lowest BCUT2D eigenvalue weighted by Gasteiger charge is -2.37. The molecule has 0 aromatic rings. The minimum atomic E-state index is 0.557. The van der Waals surface area contributed by atoms with Crippen molar-refractivity contribution >= 4 is 0 Å². The first-order valence-corrected chi connectivity index (χ1v) is 6.34. The Hall–Kier alpha value is -0.0800. The molecule has 0 radical (unpaired) electrons.